The van der Waals surface area contributed by atoms with Gasteiger partial charge in [0.25, 0.3) is 0 Å². The van der Waals surface area contributed by atoms with Crippen LogP contribution in [0.3, 0.4) is 0 Å². The molecule has 0 spiro atoms. The summed E-state index contributed by atoms with van der Waals surface area (Å²) in [6.45, 7) is 3.52. The van der Waals surface area contributed by atoms with Gasteiger partial charge in [-0.05, 0) is 44.1 Å². The zero-order chi connectivity index (χ0) is 11.4. The molecule has 16 heavy (non-hydrogen) atoms. The molecule has 0 radical (unpaired) electrons. The van der Waals surface area contributed by atoms with Gasteiger partial charge in [-0.1, -0.05) is 26.2 Å². The molecular formula is C14H24N2. The summed E-state index contributed by atoms with van der Waals surface area (Å²) in [5, 5.41) is 12.7. The highest BCUT2D eigenvalue weighted by molar-refractivity contribution is 4.96. The van der Waals surface area contributed by atoms with E-state index in [1.165, 1.54) is 38.5 Å². The van der Waals surface area contributed by atoms with Gasteiger partial charge in [0.05, 0.1) is 12.0 Å². The van der Waals surface area contributed by atoms with Crippen LogP contribution in [0.5, 0.6) is 0 Å². The van der Waals surface area contributed by atoms with Crippen LogP contribution in [0.4, 0.5) is 0 Å². The van der Waals surface area contributed by atoms with Crippen molar-refractivity contribution in [3.8, 4) is 6.07 Å². The number of nitrogens with zero attached hydrogens (tertiary/aromatic N) is 1. The molecule has 2 aliphatic carbocycles. The highest BCUT2D eigenvalue weighted by atomic mass is 14.9. The fourth-order valence-corrected chi connectivity index (χ4v) is 3.42. The average Bonchev–Trinajstić information content (AvgIpc) is 2.74. The van der Waals surface area contributed by atoms with E-state index in [0.29, 0.717) is 6.04 Å². The SMILES string of the molecule is CC1CCCC(CNC2CCCC2C#N)C1. The summed E-state index contributed by atoms with van der Waals surface area (Å²) in [5.41, 5.74) is 0. The topological polar surface area (TPSA) is 35.8 Å². The van der Waals surface area contributed by atoms with Crippen LogP contribution in [-0.2, 0) is 0 Å². The first-order valence-electron chi connectivity index (χ1n) is 6.92. The van der Waals surface area contributed by atoms with Crippen LogP contribution in [0.25, 0.3) is 0 Å². The fraction of sp³-hybridized carbons (Fsp3) is 0.929. The zero-order valence-corrected chi connectivity index (χ0v) is 10.4. The number of hydrogen-bond acceptors (Lipinski definition) is 2. The Bertz CT molecular complexity index is 256. The first-order valence-corrected chi connectivity index (χ1v) is 6.92. The molecule has 2 fully saturated rings. The molecule has 0 amide bonds. The second-order valence-corrected chi connectivity index (χ2v) is 5.82. The zero-order valence-electron chi connectivity index (χ0n) is 10.4. The molecule has 2 saturated carbocycles. The molecule has 1 N–H and O–H groups in total. The Morgan fingerprint density at radius 3 is 2.75 bits per heavy atom. The van der Waals surface area contributed by atoms with Gasteiger partial charge in [-0.2, -0.15) is 5.26 Å². The number of nitrogens with one attached hydrogen (secondary N) is 1. The van der Waals surface area contributed by atoms with Crippen molar-refractivity contribution in [3.05, 3.63) is 0 Å². The number of hydrogen-bond donors (Lipinski definition) is 1. The summed E-state index contributed by atoms with van der Waals surface area (Å²) in [7, 11) is 0. The molecule has 4 unspecified atom stereocenters. The third kappa shape index (κ3) is 2.98. The molecule has 0 aliphatic heterocycles. The van der Waals surface area contributed by atoms with E-state index in [2.05, 4.69) is 18.3 Å². The van der Waals surface area contributed by atoms with Gasteiger partial charge in [-0.25, -0.2) is 0 Å². The molecular weight excluding hydrogens is 196 g/mol. The van der Waals surface area contributed by atoms with E-state index in [4.69, 9.17) is 5.26 Å². The Labute approximate surface area is 99.4 Å². The Morgan fingerprint density at radius 2 is 2.00 bits per heavy atom. The van der Waals surface area contributed by atoms with Crippen molar-refractivity contribution in [1.29, 1.82) is 5.26 Å². The summed E-state index contributed by atoms with van der Waals surface area (Å²) in [4.78, 5) is 0. The molecule has 4 atom stereocenters. The maximum Gasteiger partial charge on any atom is 0.0672 e. The monoisotopic (exact) mass is 220 g/mol. The molecule has 0 heterocycles. The lowest BCUT2D eigenvalue weighted by molar-refractivity contribution is 0.263. The van der Waals surface area contributed by atoms with E-state index in [9.17, 15) is 0 Å². The van der Waals surface area contributed by atoms with E-state index >= 15 is 0 Å². The molecule has 2 aliphatic rings. The van der Waals surface area contributed by atoms with Crippen LogP contribution in [0.2, 0.25) is 0 Å². The van der Waals surface area contributed by atoms with Gasteiger partial charge in [0.15, 0.2) is 0 Å². The Morgan fingerprint density at radius 1 is 1.19 bits per heavy atom. The van der Waals surface area contributed by atoms with Gasteiger partial charge in [-0.3, -0.25) is 0 Å². The van der Waals surface area contributed by atoms with Gasteiger partial charge in [0, 0.05) is 6.04 Å². The second-order valence-electron chi connectivity index (χ2n) is 5.82. The van der Waals surface area contributed by atoms with Gasteiger partial charge in [0.1, 0.15) is 0 Å². The predicted octanol–water partition coefficient (Wildman–Crippen LogP) is 3.09. The van der Waals surface area contributed by atoms with Crippen molar-refractivity contribution < 1.29 is 0 Å². The number of nitriles is 1. The normalized spacial score (nSPS) is 39.5. The third-order valence-electron chi connectivity index (χ3n) is 4.40. The van der Waals surface area contributed by atoms with Crippen LogP contribution in [-0.4, -0.2) is 12.6 Å². The van der Waals surface area contributed by atoms with Crippen LogP contribution in [0.1, 0.15) is 51.9 Å². The van der Waals surface area contributed by atoms with Gasteiger partial charge in [-0.15, -0.1) is 0 Å². The largest absolute Gasteiger partial charge is 0.312 e. The molecule has 2 rings (SSSR count). The van der Waals surface area contributed by atoms with E-state index in [1.54, 1.807) is 0 Å². The lowest BCUT2D eigenvalue weighted by atomic mass is 9.82. The van der Waals surface area contributed by atoms with Crippen molar-refractivity contribution in [3.63, 3.8) is 0 Å². The molecule has 2 heteroatoms. The minimum Gasteiger partial charge on any atom is -0.312 e. The van der Waals surface area contributed by atoms with Gasteiger partial charge in [0.2, 0.25) is 0 Å². The van der Waals surface area contributed by atoms with E-state index in [0.717, 1.165) is 24.8 Å². The Hall–Kier alpha value is -0.550. The molecule has 0 aromatic rings. The van der Waals surface area contributed by atoms with Crippen LogP contribution in [0.15, 0.2) is 0 Å². The van der Waals surface area contributed by atoms with Crippen molar-refractivity contribution in [2.24, 2.45) is 17.8 Å². The first kappa shape index (κ1) is 11.9. The first-order chi connectivity index (χ1) is 7.79. The van der Waals surface area contributed by atoms with E-state index in [-0.39, 0.29) is 5.92 Å². The summed E-state index contributed by atoms with van der Waals surface area (Å²) >= 11 is 0. The third-order valence-corrected chi connectivity index (χ3v) is 4.40. The molecule has 2 nitrogen and oxygen atoms in total. The lowest BCUT2D eigenvalue weighted by Crippen LogP contribution is -2.36. The average molecular weight is 220 g/mol. The van der Waals surface area contributed by atoms with Crippen LogP contribution >= 0.6 is 0 Å². The van der Waals surface area contributed by atoms with Crippen LogP contribution < -0.4 is 5.32 Å². The molecule has 0 bridgehead atoms. The smallest absolute Gasteiger partial charge is 0.0672 e. The quantitative estimate of drug-likeness (QED) is 0.793. The number of rotatable bonds is 3. The Kier molecular flexibility index (Phi) is 4.23. The Balaban J connectivity index is 1.72. The van der Waals surface area contributed by atoms with Crippen molar-refractivity contribution in [1.82, 2.24) is 5.32 Å². The van der Waals surface area contributed by atoms with Gasteiger partial charge < -0.3 is 5.32 Å². The van der Waals surface area contributed by atoms with E-state index < -0.39 is 0 Å². The highest BCUT2D eigenvalue weighted by Gasteiger charge is 2.27. The molecule has 0 aromatic carbocycles. The minimum atomic E-state index is 0.279. The lowest BCUT2D eigenvalue weighted by Gasteiger charge is -2.28. The second kappa shape index (κ2) is 5.68. The van der Waals surface area contributed by atoms with Gasteiger partial charge >= 0.3 is 0 Å². The van der Waals surface area contributed by atoms with Crippen molar-refractivity contribution in [2.45, 2.75) is 57.9 Å². The maximum absolute atomic E-state index is 9.03. The standard InChI is InChI=1S/C14H24N2/c1-11-4-2-5-12(8-11)10-16-14-7-3-6-13(14)9-15/h11-14,16H,2-8,10H2,1H3. The summed E-state index contributed by atoms with van der Waals surface area (Å²) < 4.78 is 0. The van der Waals surface area contributed by atoms with Crippen LogP contribution in [0, 0.1) is 29.1 Å². The maximum atomic E-state index is 9.03. The van der Waals surface area contributed by atoms with Crippen molar-refractivity contribution in [2.75, 3.05) is 6.54 Å². The summed E-state index contributed by atoms with van der Waals surface area (Å²) in [5.74, 6) is 2.06. The van der Waals surface area contributed by atoms with E-state index in [1.807, 2.05) is 0 Å². The fourth-order valence-electron chi connectivity index (χ4n) is 3.42. The molecule has 90 valence electrons. The van der Waals surface area contributed by atoms with Crippen molar-refractivity contribution >= 4 is 0 Å². The summed E-state index contributed by atoms with van der Waals surface area (Å²) in [6, 6.07) is 2.94. The summed E-state index contributed by atoms with van der Waals surface area (Å²) in [6.07, 6.45) is 9.14. The molecule has 0 aromatic heterocycles. The predicted molar refractivity (Wildman–Crippen MR) is 65.9 cm³/mol. The minimum absolute atomic E-state index is 0.279. The highest BCUT2D eigenvalue weighted by Crippen LogP contribution is 2.29. The molecule has 0 saturated heterocycles.